The topological polar surface area (TPSA) is 50.2 Å². The molecule has 0 aliphatic heterocycles. The number of nitrogens with zero attached hydrogens (tertiary/aromatic N) is 1. The maximum absolute atomic E-state index is 13.2. The molecule has 1 aromatic carbocycles. The van der Waals surface area contributed by atoms with Gasteiger partial charge in [0.15, 0.2) is 0 Å². The van der Waals surface area contributed by atoms with E-state index in [-0.39, 0.29) is 17.7 Å². The quantitative estimate of drug-likeness (QED) is 0.926. The lowest BCUT2D eigenvalue weighted by molar-refractivity contribution is -0.139. The summed E-state index contributed by atoms with van der Waals surface area (Å²) in [4.78, 5) is 15.6. The minimum atomic E-state index is -0.737. The van der Waals surface area contributed by atoms with Gasteiger partial charge in [-0.05, 0) is 36.5 Å². The van der Waals surface area contributed by atoms with E-state index in [1.807, 2.05) is 0 Å². The highest BCUT2D eigenvalue weighted by Gasteiger charge is 2.37. The van der Waals surface area contributed by atoms with Crippen LogP contribution < -0.4 is 0 Å². The van der Waals surface area contributed by atoms with E-state index in [4.69, 9.17) is 5.11 Å². The fourth-order valence-corrected chi connectivity index (χ4v) is 4.37. The molecule has 3 nitrogen and oxygen atoms in total. The zero-order valence-electron chi connectivity index (χ0n) is 11.1. The van der Waals surface area contributed by atoms with Crippen molar-refractivity contribution >= 4 is 27.5 Å². The monoisotopic (exact) mass is 293 g/mol. The average molecular weight is 293 g/mol. The number of halogens is 1. The van der Waals surface area contributed by atoms with E-state index in [1.165, 1.54) is 23.5 Å². The number of carbonyl (C=O) groups is 1. The van der Waals surface area contributed by atoms with Crippen molar-refractivity contribution in [1.29, 1.82) is 0 Å². The smallest absolute Gasteiger partial charge is 0.303 e. The Hall–Kier alpha value is -1.49. The summed E-state index contributed by atoms with van der Waals surface area (Å²) >= 11 is 1.48. The fraction of sp³-hybridized carbons (Fsp3) is 0.467. The van der Waals surface area contributed by atoms with Crippen LogP contribution in [-0.4, -0.2) is 16.1 Å². The molecule has 1 aromatic heterocycles. The Morgan fingerprint density at radius 1 is 1.40 bits per heavy atom. The van der Waals surface area contributed by atoms with E-state index in [1.54, 1.807) is 6.07 Å². The van der Waals surface area contributed by atoms with Gasteiger partial charge in [-0.2, -0.15) is 0 Å². The first-order valence-electron chi connectivity index (χ1n) is 6.83. The van der Waals surface area contributed by atoms with Gasteiger partial charge < -0.3 is 5.11 Å². The van der Waals surface area contributed by atoms with Gasteiger partial charge in [0.05, 0.1) is 21.6 Å². The molecule has 3 rings (SSSR count). The third kappa shape index (κ3) is 2.68. The summed E-state index contributed by atoms with van der Waals surface area (Å²) in [5.74, 6) is -0.993. The first-order valence-corrected chi connectivity index (χ1v) is 7.65. The molecule has 0 saturated heterocycles. The standard InChI is InChI=1S/C15H16FNO2S/c16-10-3-4-11-12(7-10)20-13(17-11)8-15(9-14(18)19)5-1-2-6-15/h3-4,7H,1-2,5-6,8-9H2,(H,18,19). The molecule has 0 radical (unpaired) electrons. The van der Waals surface area contributed by atoms with Crippen LogP contribution in [-0.2, 0) is 11.2 Å². The summed E-state index contributed by atoms with van der Waals surface area (Å²) in [5, 5.41) is 10.1. The molecular weight excluding hydrogens is 277 g/mol. The van der Waals surface area contributed by atoms with E-state index >= 15 is 0 Å². The Labute approximate surface area is 120 Å². The van der Waals surface area contributed by atoms with Crippen molar-refractivity contribution in [2.24, 2.45) is 5.41 Å². The lowest BCUT2D eigenvalue weighted by Gasteiger charge is -2.25. The van der Waals surface area contributed by atoms with Crippen LogP contribution >= 0.6 is 11.3 Å². The van der Waals surface area contributed by atoms with Crippen LogP contribution in [0, 0.1) is 11.2 Å². The van der Waals surface area contributed by atoms with Gasteiger partial charge in [0.1, 0.15) is 5.82 Å². The normalized spacial score (nSPS) is 17.6. The molecule has 0 spiro atoms. The second kappa shape index (κ2) is 5.13. The Balaban J connectivity index is 1.88. The van der Waals surface area contributed by atoms with Crippen molar-refractivity contribution < 1.29 is 14.3 Å². The van der Waals surface area contributed by atoms with Gasteiger partial charge in [0.2, 0.25) is 0 Å². The van der Waals surface area contributed by atoms with Crippen LogP contribution in [0.1, 0.15) is 37.1 Å². The van der Waals surface area contributed by atoms with Crippen LogP contribution in [0.5, 0.6) is 0 Å². The highest BCUT2D eigenvalue weighted by molar-refractivity contribution is 7.18. The molecule has 1 saturated carbocycles. The Bertz CT molecular complexity index is 646. The van der Waals surface area contributed by atoms with Gasteiger partial charge in [-0.3, -0.25) is 4.79 Å². The van der Waals surface area contributed by atoms with Gasteiger partial charge in [0, 0.05) is 6.42 Å². The van der Waals surface area contributed by atoms with Gasteiger partial charge in [-0.1, -0.05) is 12.8 Å². The van der Waals surface area contributed by atoms with E-state index in [9.17, 15) is 9.18 Å². The number of carboxylic acids is 1. The van der Waals surface area contributed by atoms with Crippen LogP contribution in [0.25, 0.3) is 10.2 Å². The number of hydrogen-bond acceptors (Lipinski definition) is 3. The lowest BCUT2D eigenvalue weighted by Crippen LogP contribution is -2.23. The molecule has 1 heterocycles. The summed E-state index contributed by atoms with van der Waals surface area (Å²) in [6.07, 6.45) is 4.98. The minimum Gasteiger partial charge on any atom is -0.481 e. The first-order chi connectivity index (χ1) is 9.56. The molecule has 0 bridgehead atoms. The number of hydrogen-bond donors (Lipinski definition) is 1. The predicted octanol–water partition coefficient (Wildman–Crippen LogP) is 4.01. The van der Waals surface area contributed by atoms with E-state index in [2.05, 4.69) is 4.98 Å². The molecule has 2 aromatic rings. The Kier molecular flexibility index (Phi) is 3.46. The maximum atomic E-state index is 13.2. The molecule has 0 amide bonds. The van der Waals surface area contributed by atoms with E-state index in [0.29, 0.717) is 6.42 Å². The van der Waals surface area contributed by atoms with Crippen molar-refractivity contribution in [3.05, 3.63) is 29.0 Å². The summed E-state index contributed by atoms with van der Waals surface area (Å²) in [6.45, 7) is 0. The number of fused-ring (bicyclic) bond motifs is 1. The molecule has 0 unspecified atom stereocenters. The van der Waals surface area contributed by atoms with Gasteiger partial charge in [-0.15, -0.1) is 11.3 Å². The van der Waals surface area contributed by atoms with Crippen molar-refractivity contribution in [3.63, 3.8) is 0 Å². The molecule has 1 aliphatic rings. The summed E-state index contributed by atoms with van der Waals surface area (Å²) in [7, 11) is 0. The fourth-order valence-electron chi connectivity index (χ4n) is 3.20. The molecule has 106 valence electrons. The average Bonchev–Trinajstić information content (AvgIpc) is 2.94. The van der Waals surface area contributed by atoms with E-state index < -0.39 is 5.97 Å². The van der Waals surface area contributed by atoms with Crippen molar-refractivity contribution in [2.45, 2.75) is 38.5 Å². The van der Waals surface area contributed by atoms with Gasteiger partial charge in [-0.25, -0.2) is 9.37 Å². The zero-order chi connectivity index (χ0) is 14.2. The van der Waals surface area contributed by atoms with E-state index in [0.717, 1.165) is 40.9 Å². The molecule has 0 atom stereocenters. The minimum absolute atomic E-state index is 0.155. The summed E-state index contributed by atoms with van der Waals surface area (Å²) in [5.41, 5.74) is 0.646. The SMILES string of the molecule is O=C(O)CC1(Cc2nc3ccc(F)cc3s2)CCCC1. The third-order valence-electron chi connectivity index (χ3n) is 4.11. The number of benzene rings is 1. The molecule has 5 heteroatoms. The third-order valence-corrected chi connectivity index (χ3v) is 5.13. The molecule has 1 N–H and O–H groups in total. The molecule has 1 fully saturated rings. The zero-order valence-corrected chi connectivity index (χ0v) is 11.9. The van der Waals surface area contributed by atoms with Crippen LogP contribution in [0.15, 0.2) is 18.2 Å². The summed E-state index contributed by atoms with van der Waals surface area (Å²) < 4.78 is 14.0. The maximum Gasteiger partial charge on any atom is 0.303 e. The second-order valence-corrected chi connectivity index (χ2v) is 6.79. The number of thiazole rings is 1. The van der Waals surface area contributed by atoms with Crippen LogP contribution in [0.3, 0.4) is 0 Å². The second-order valence-electron chi connectivity index (χ2n) is 5.67. The Morgan fingerprint density at radius 3 is 2.85 bits per heavy atom. The van der Waals surface area contributed by atoms with Crippen molar-refractivity contribution in [3.8, 4) is 0 Å². The largest absolute Gasteiger partial charge is 0.481 e. The van der Waals surface area contributed by atoms with Crippen molar-refractivity contribution in [1.82, 2.24) is 4.98 Å². The Morgan fingerprint density at radius 2 is 2.15 bits per heavy atom. The van der Waals surface area contributed by atoms with Gasteiger partial charge >= 0.3 is 5.97 Å². The predicted molar refractivity (Wildman–Crippen MR) is 76.4 cm³/mol. The van der Waals surface area contributed by atoms with Crippen LogP contribution in [0.4, 0.5) is 4.39 Å². The molecular formula is C15H16FNO2S. The molecule has 1 aliphatic carbocycles. The van der Waals surface area contributed by atoms with Crippen molar-refractivity contribution in [2.75, 3.05) is 0 Å². The highest BCUT2D eigenvalue weighted by atomic mass is 32.1. The first kappa shape index (κ1) is 13.5. The van der Waals surface area contributed by atoms with Gasteiger partial charge in [0.25, 0.3) is 0 Å². The number of aromatic nitrogens is 1. The number of rotatable bonds is 4. The number of carboxylic acid groups (broad SMARTS) is 1. The van der Waals surface area contributed by atoms with Crippen LogP contribution in [0.2, 0.25) is 0 Å². The highest BCUT2D eigenvalue weighted by Crippen LogP contribution is 2.44. The lowest BCUT2D eigenvalue weighted by atomic mass is 9.80. The summed E-state index contributed by atoms with van der Waals surface area (Å²) in [6, 6.07) is 4.59. The molecule has 20 heavy (non-hydrogen) atoms. The number of aliphatic carboxylic acids is 1.